The highest BCUT2D eigenvalue weighted by molar-refractivity contribution is 7.92. The van der Waals surface area contributed by atoms with E-state index in [-0.39, 0.29) is 0 Å². The number of thiazole rings is 1. The fourth-order valence-corrected chi connectivity index (χ4v) is 4.60. The summed E-state index contributed by atoms with van der Waals surface area (Å²) in [5, 5.41) is 8.70. The molecule has 11 heteroatoms. The Morgan fingerprint density at radius 2 is 2.00 bits per heavy atom. The first-order valence-corrected chi connectivity index (χ1v) is 12.4. The third-order valence-corrected chi connectivity index (χ3v) is 7.07. The first-order chi connectivity index (χ1) is 15.4. The van der Waals surface area contributed by atoms with E-state index in [4.69, 9.17) is 0 Å². The van der Waals surface area contributed by atoms with Gasteiger partial charge in [-0.05, 0) is 24.3 Å². The third kappa shape index (κ3) is 3.87. The average Bonchev–Trinajstić information content (AvgIpc) is 3.40. The second kappa shape index (κ2) is 7.84. The van der Waals surface area contributed by atoms with Gasteiger partial charge in [0.2, 0.25) is 10.0 Å². The minimum absolute atomic E-state index is 0.364. The summed E-state index contributed by atoms with van der Waals surface area (Å²) < 4.78 is 28.1. The van der Waals surface area contributed by atoms with E-state index in [1.165, 1.54) is 11.4 Å². The Kier molecular flexibility index (Phi) is 4.98. The van der Waals surface area contributed by atoms with E-state index in [1.807, 2.05) is 40.5 Å². The molecule has 4 heterocycles. The zero-order valence-corrected chi connectivity index (χ0v) is 18.9. The minimum Gasteiger partial charge on any atom is -0.340 e. The molecular weight excluding hydrogens is 446 g/mol. The Balaban J connectivity index is 1.47. The monoisotopic (exact) mass is 465 g/mol. The number of nitrogens with zero attached hydrogens (tertiary/aromatic N) is 6. The van der Waals surface area contributed by atoms with Gasteiger partial charge >= 0.3 is 0 Å². The zero-order chi connectivity index (χ0) is 22.3. The fraction of sp³-hybridized carbons (Fsp3) is 0.143. The van der Waals surface area contributed by atoms with Crippen LogP contribution in [0.15, 0.2) is 60.5 Å². The number of sulfonamides is 1. The lowest BCUT2D eigenvalue weighted by atomic mass is 10.2. The van der Waals surface area contributed by atoms with Gasteiger partial charge in [-0.1, -0.05) is 6.07 Å². The van der Waals surface area contributed by atoms with Gasteiger partial charge in [0.05, 0.1) is 40.2 Å². The molecule has 0 aliphatic carbocycles. The Bertz CT molecular complexity index is 1540. The Hall–Kier alpha value is -3.57. The van der Waals surface area contributed by atoms with Crippen LogP contribution in [-0.2, 0) is 16.6 Å². The van der Waals surface area contributed by atoms with Gasteiger partial charge in [-0.15, -0.1) is 11.3 Å². The molecule has 0 bridgehead atoms. The highest BCUT2D eigenvalue weighted by Gasteiger charge is 2.18. The molecule has 1 N–H and O–H groups in total. The van der Waals surface area contributed by atoms with Crippen molar-refractivity contribution in [3.63, 3.8) is 0 Å². The normalized spacial score (nSPS) is 11.8. The number of fused-ring (bicyclic) bond motifs is 2. The van der Waals surface area contributed by atoms with Crippen molar-refractivity contribution in [2.45, 2.75) is 6.54 Å². The lowest BCUT2D eigenvalue weighted by Gasteiger charge is -2.19. The number of nitrogens with one attached hydrogen (secondary N) is 1. The predicted octanol–water partition coefficient (Wildman–Crippen LogP) is 3.62. The molecule has 5 rings (SSSR count). The minimum atomic E-state index is -3.44. The molecule has 4 aromatic heterocycles. The van der Waals surface area contributed by atoms with Crippen LogP contribution in [0.2, 0.25) is 0 Å². The molecule has 0 saturated carbocycles. The van der Waals surface area contributed by atoms with Crippen LogP contribution in [-0.4, -0.2) is 46.5 Å². The number of benzene rings is 1. The maximum atomic E-state index is 12.0. The van der Waals surface area contributed by atoms with Crippen LogP contribution >= 0.6 is 11.3 Å². The van der Waals surface area contributed by atoms with Crippen LogP contribution < -0.4 is 9.62 Å². The summed E-state index contributed by atoms with van der Waals surface area (Å²) in [7, 11) is -1.94. The van der Waals surface area contributed by atoms with Crippen LogP contribution in [0.25, 0.3) is 21.1 Å². The molecule has 0 unspecified atom stereocenters. The molecule has 0 spiro atoms. The van der Waals surface area contributed by atoms with Gasteiger partial charge in [-0.25, -0.2) is 23.4 Å². The van der Waals surface area contributed by atoms with Crippen LogP contribution in [0.5, 0.6) is 0 Å². The summed E-state index contributed by atoms with van der Waals surface area (Å²) in [6, 6.07) is 11.5. The lowest BCUT2D eigenvalue weighted by molar-refractivity contribution is 0.599. The van der Waals surface area contributed by atoms with Gasteiger partial charge in [0.15, 0.2) is 0 Å². The second-order valence-corrected chi connectivity index (χ2v) is 10.2. The largest absolute Gasteiger partial charge is 0.340 e. The maximum absolute atomic E-state index is 12.0. The summed E-state index contributed by atoms with van der Waals surface area (Å²) in [6.45, 7) is 0.364. The first kappa shape index (κ1) is 20.3. The Labute approximate surface area is 188 Å². The van der Waals surface area contributed by atoms with Gasteiger partial charge in [-0.2, -0.15) is 5.10 Å². The van der Waals surface area contributed by atoms with E-state index in [2.05, 4.69) is 25.4 Å². The molecule has 0 saturated heterocycles. The van der Waals surface area contributed by atoms with Gasteiger partial charge < -0.3 is 5.32 Å². The molecule has 5 aromatic rings. The lowest BCUT2D eigenvalue weighted by Crippen LogP contribution is -2.27. The SMILES string of the molecule is CN(c1ncccc1Cn1ncc2cnc(Nc3ccc4ncsc4c3)cc21)S(C)(=O)=O. The molecule has 0 radical (unpaired) electrons. The average molecular weight is 466 g/mol. The van der Waals surface area contributed by atoms with Gasteiger partial charge in [0.1, 0.15) is 11.6 Å². The van der Waals surface area contributed by atoms with Crippen molar-refractivity contribution in [2.75, 3.05) is 22.9 Å². The topological polar surface area (TPSA) is 106 Å². The van der Waals surface area contributed by atoms with E-state index in [0.29, 0.717) is 18.2 Å². The van der Waals surface area contributed by atoms with E-state index >= 15 is 0 Å². The van der Waals surface area contributed by atoms with Crippen LogP contribution in [0.4, 0.5) is 17.3 Å². The summed E-state index contributed by atoms with van der Waals surface area (Å²) >= 11 is 1.59. The van der Waals surface area contributed by atoms with E-state index in [1.54, 1.807) is 36.0 Å². The summed E-state index contributed by atoms with van der Waals surface area (Å²) in [5.74, 6) is 1.06. The number of aromatic nitrogens is 5. The molecule has 0 amide bonds. The predicted molar refractivity (Wildman–Crippen MR) is 127 cm³/mol. The van der Waals surface area contributed by atoms with Crippen molar-refractivity contribution < 1.29 is 8.42 Å². The quantitative estimate of drug-likeness (QED) is 0.408. The molecule has 162 valence electrons. The Morgan fingerprint density at radius 1 is 1.12 bits per heavy atom. The standard InChI is InChI=1S/C21H19N7O2S2/c1-27(32(2,29)30)21-14(4-3-7-22-21)12-28-18-9-20(23-10-15(18)11-25-28)26-16-5-6-17-19(8-16)31-13-24-17/h3-11,13H,12H2,1-2H3,(H,23,26). The van der Waals surface area contributed by atoms with E-state index in [9.17, 15) is 8.42 Å². The van der Waals surface area contributed by atoms with Crippen molar-refractivity contribution in [2.24, 2.45) is 0 Å². The smallest absolute Gasteiger partial charge is 0.233 e. The van der Waals surface area contributed by atoms with Crippen molar-refractivity contribution in [3.05, 3.63) is 66.1 Å². The fourth-order valence-electron chi connectivity index (χ4n) is 3.40. The van der Waals surface area contributed by atoms with Gasteiger partial charge in [0, 0.05) is 42.1 Å². The van der Waals surface area contributed by atoms with Crippen molar-refractivity contribution in [3.8, 4) is 0 Å². The highest BCUT2D eigenvalue weighted by atomic mass is 32.2. The summed E-state index contributed by atoms with van der Waals surface area (Å²) in [5.41, 5.74) is 5.33. The van der Waals surface area contributed by atoms with Crippen LogP contribution in [0, 0.1) is 0 Å². The maximum Gasteiger partial charge on any atom is 0.233 e. The highest BCUT2D eigenvalue weighted by Crippen LogP contribution is 2.26. The summed E-state index contributed by atoms with van der Waals surface area (Å²) in [6.07, 6.45) is 6.24. The molecule has 32 heavy (non-hydrogen) atoms. The molecule has 0 fully saturated rings. The van der Waals surface area contributed by atoms with Crippen LogP contribution in [0.1, 0.15) is 5.56 Å². The van der Waals surface area contributed by atoms with Gasteiger partial charge in [0.25, 0.3) is 0 Å². The second-order valence-electron chi connectivity index (χ2n) is 7.31. The molecule has 9 nitrogen and oxygen atoms in total. The molecule has 0 atom stereocenters. The number of pyridine rings is 2. The van der Waals surface area contributed by atoms with Crippen molar-refractivity contribution in [1.82, 2.24) is 24.7 Å². The Morgan fingerprint density at radius 3 is 2.84 bits per heavy atom. The zero-order valence-electron chi connectivity index (χ0n) is 17.3. The van der Waals surface area contributed by atoms with E-state index < -0.39 is 10.0 Å². The molecule has 1 aromatic carbocycles. The molecular formula is C21H19N7O2S2. The third-order valence-electron chi connectivity index (χ3n) is 5.11. The molecule has 0 aliphatic rings. The van der Waals surface area contributed by atoms with Crippen molar-refractivity contribution >= 4 is 59.8 Å². The van der Waals surface area contributed by atoms with Crippen LogP contribution in [0.3, 0.4) is 0 Å². The number of anilines is 3. The van der Waals surface area contributed by atoms with E-state index in [0.717, 1.165) is 38.6 Å². The number of hydrogen-bond acceptors (Lipinski definition) is 8. The summed E-state index contributed by atoms with van der Waals surface area (Å²) in [4.78, 5) is 13.1. The first-order valence-electron chi connectivity index (χ1n) is 9.68. The number of hydrogen-bond donors (Lipinski definition) is 1. The molecule has 0 aliphatic heterocycles. The van der Waals surface area contributed by atoms with Gasteiger partial charge in [-0.3, -0.25) is 8.99 Å². The van der Waals surface area contributed by atoms with Crippen molar-refractivity contribution in [1.29, 1.82) is 0 Å². The number of rotatable bonds is 6.